The molecule has 0 aliphatic heterocycles. The third kappa shape index (κ3) is 9.13. The second kappa shape index (κ2) is 17.2. The predicted molar refractivity (Wildman–Crippen MR) is 202 cm³/mol. The molecule has 0 aliphatic carbocycles. The minimum Gasteiger partial charge on any atom is -0.456 e. The summed E-state index contributed by atoms with van der Waals surface area (Å²) in [5.41, 5.74) is 9.73. The molecule has 0 saturated carbocycles. The second-order valence-electron chi connectivity index (χ2n) is 13.7. The van der Waals surface area contributed by atoms with Crippen LogP contribution in [0.15, 0.2) is 97.1 Å². The fraction of sp³-hybridized carbons (Fsp3) is 0.419. The van der Waals surface area contributed by atoms with Crippen molar-refractivity contribution in [2.75, 3.05) is 0 Å². The summed E-state index contributed by atoms with van der Waals surface area (Å²) in [4.78, 5) is 16.9. The van der Waals surface area contributed by atoms with Gasteiger partial charge >= 0.3 is 5.97 Å². The first-order chi connectivity index (χ1) is 23.0. The lowest BCUT2D eigenvalue weighted by Crippen LogP contribution is -2.42. The average Bonchev–Trinajstić information content (AvgIpc) is 3.10. The molecular formula is C43H57NO3Si. The molecule has 0 fully saturated rings. The molecule has 0 N–H and O–H groups in total. The van der Waals surface area contributed by atoms with Gasteiger partial charge in [-0.3, -0.25) is 9.69 Å². The van der Waals surface area contributed by atoms with Crippen molar-refractivity contribution < 1.29 is 14.0 Å². The number of carbonyl (C=O) groups excluding carboxylic acids is 1. The Kier molecular flexibility index (Phi) is 13.4. The van der Waals surface area contributed by atoms with Crippen LogP contribution in [0.3, 0.4) is 0 Å². The highest BCUT2D eigenvalue weighted by molar-refractivity contribution is 6.73. The van der Waals surface area contributed by atoms with E-state index in [1.54, 1.807) is 0 Å². The Hall–Kier alpha value is -3.51. The Morgan fingerprint density at radius 1 is 0.667 bits per heavy atom. The van der Waals surface area contributed by atoms with Crippen LogP contribution in [0.5, 0.6) is 0 Å². The maximum atomic E-state index is 14.4. The highest BCUT2D eigenvalue weighted by Crippen LogP contribution is 2.37. The quantitative estimate of drug-likeness (QED) is 0.0883. The maximum Gasteiger partial charge on any atom is 0.312 e. The van der Waals surface area contributed by atoms with Crippen LogP contribution < -0.4 is 0 Å². The Bertz CT molecular complexity index is 1570. The van der Waals surface area contributed by atoms with Gasteiger partial charge in [0.1, 0.15) is 6.10 Å². The van der Waals surface area contributed by atoms with E-state index in [0.717, 1.165) is 42.3 Å². The van der Waals surface area contributed by atoms with Crippen LogP contribution in [-0.2, 0) is 27.0 Å². The first kappa shape index (κ1) is 37.3. The topological polar surface area (TPSA) is 38.8 Å². The molecule has 4 rings (SSSR count). The number of nitrogens with zero attached hydrogens (tertiary/aromatic N) is 1. The Balaban J connectivity index is 1.73. The summed E-state index contributed by atoms with van der Waals surface area (Å²) < 4.78 is 13.8. The van der Waals surface area contributed by atoms with Crippen molar-refractivity contribution in [2.45, 2.75) is 112 Å². The fourth-order valence-corrected chi connectivity index (χ4v) is 9.90. The highest BCUT2D eigenvalue weighted by atomic mass is 28.4. The lowest BCUT2D eigenvalue weighted by Gasteiger charge is -2.38. The summed E-state index contributed by atoms with van der Waals surface area (Å²) in [5, 5.41) is 0. The van der Waals surface area contributed by atoms with Crippen LogP contribution in [0.4, 0.5) is 0 Å². The molecule has 5 heteroatoms. The lowest BCUT2D eigenvalue weighted by molar-refractivity contribution is -0.161. The molecule has 256 valence electrons. The monoisotopic (exact) mass is 663 g/mol. The number of ether oxygens (including phenoxy) is 1. The third-order valence-corrected chi connectivity index (χ3v) is 15.1. The van der Waals surface area contributed by atoms with Crippen LogP contribution >= 0.6 is 0 Å². The Morgan fingerprint density at radius 3 is 1.69 bits per heavy atom. The molecule has 0 aliphatic rings. The van der Waals surface area contributed by atoms with E-state index >= 15 is 0 Å². The number of carbonyl (C=O) groups is 1. The number of esters is 1. The molecule has 48 heavy (non-hydrogen) atoms. The summed E-state index contributed by atoms with van der Waals surface area (Å²) >= 11 is 0. The van der Waals surface area contributed by atoms with E-state index in [4.69, 9.17) is 9.16 Å². The Morgan fingerprint density at radius 2 is 1.17 bits per heavy atom. The van der Waals surface area contributed by atoms with Gasteiger partial charge in [-0.05, 0) is 98.6 Å². The van der Waals surface area contributed by atoms with Crippen molar-refractivity contribution in [3.05, 3.63) is 142 Å². The SMILES string of the molecule is CC[Si](CC)(CC)O[C@H](c1ccccc1)[C@@H](C)C(=O)O[C@H](c1ccccc1)[C@H](C)N(Cc1ccccc1C)Cc1c(C)cc(C)cc1C. The van der Waals surface area contributed by atoms with Crippen LogP contribution in [-0.4, -0.2) is 25.2 Å². The predicted octanol–water partition coefficient (Wildman–Crippen LogP) is 11.0. The van der Waals surface area contributed by atoms with E-state index in [-0.39, 0.29) is 18.1 Å². The summed E-state index contributed by atoms with van der Waals surface area (Å²) in [5.74, 6) is -0.706. The molecule has 0 unspecified atom stereocenters. The molecule has 4 nitrogen and oxygen atoms in total. The zero-order valence-electron chi connectivity index (χ0n) is 30.8. The molecule has 4 aromatic rings. The lowest BCUT2D eigenvalue weighted by atomic mass is 9.95. The largest absolute Gasteiger partial charge is 0.456 e. The minimum absolute atomic E-state index is 0.116. The van der Waals surface area contributed by atoms with Crippen LogP contribution in [0.25, 0.3) is 0 Å². The van der Waals surface area contributed by atoms with E-state index in [1.807, 2.05) is 43.3 Å². The third-order valence-electron chi connectivity index (χ3n) is 10.5. The van der Waals surface area contributed by atoms with E-state index < -0.39 is 20.3 Å². The van der Waals surface area contributed by atoms with Crippen LogP contribution in [0.1, 0.15) is 91.3 Å². The van der Waals surface area contributed by atoms with E-state index in [0.29, 0.717) is 0 Å². The van der Waals surface area contributed by atoms with E-state index in [9.17, 15) is 4.79 Å². The first-order valence-corrected chi connectivity index (χ1v) is 20.4. The maximum absolute atomic E-state index is 14.4. The first-order valence-electron chi connectivity index (χ1n) is 17.9. The summed E-state index contributed by atoms with van der Waals surface area (Å²) in [6, 6.07) is 36.6. The van der Waals surface area contributed by atoms with Crippen molar-refractivity contribution in [3.8, 4) is 0 Å². The number of rotatable bonds is 16. The van der Waals surface area contributed by atoms with Gasteiger partial charge in [0.2, 0.25) is 0 Å². The molecule has 0 heterocycles. The molecule has 0 amide bonds. The van der Waals surface area contributed by atoms with Crippen LogP contribution in [0, 0.1) is 33.6 Å². The van der Waals surface area contributed by atoms with Gasteiger partial charge in [-0.15, -0.1) is 0 Å². The molecule has 0 saturated heterocycles. The van der Waals surface area contributed by atoms with Gasteiger partial charge in [0.15, 0.2) is 8.32 Å². The number of aryl methyl sites for hydroxylation is 4. The number of benzene rings is 4. The van der Waals surface area contributed by atoms with Gasteiger partial charge in [0.05, 0.1) is 12.0 Å². The van der Waals surface area contributed by atoms with Crippen molar-refractivity contribution in [3.63, 3.8) is 0 Å². The van der Waals surface area contributed by atoms with Crippen molar-refractivity contribution in [1.82, 2.24) is 4.90 Å². The standard InChI is InChI=1S/C43H57NO3Si/c1-10-48(11-2,12-3)47-41(37-22-15-13-16-23-37)35(8)43(45)46-42(38-24-17-14-18-25-38)36(9)44(29-39-26-20-19-21-32(39)5)30-40-33(6)27-31(4)28-34(40)7/h13-28,35-36,41-42H,10-12,29-30H2,1-9H3/t35-,36+,41+,42+/m1/s1. The fourth-order valence-electron chi connectivity index (χ4n) is 7.02. The van der Waals surface area contributed by atoms with E-state index in [1.165, 1.54) is 33.4 Å². The highest BCUT2D eigenvalue weighted by Gasteiger charge is 2.39. The van der Waals surface area contributed by atoms with Crippen molar-refractivity contribution in [1.29, 1.82) is 0 Å². The number of hydrogen-bond donors (Lipinski definition) is 0. The minimum atomic E-state index is -2.04. The van der Waals surface area contributed by atoms with Gasteiger partial charge in [-0.2, -0.15) is 0 Å². The van der Waals surface area contributed by atoms with Gasteiger partial charge in [0, 0.05) is 19.1 Å². The van der Waals surface area contributed by atoms with Gasteiger partial charge in [-0.1, -0.05) is 123 Å². The van der Waals surface area contributed by atoms with Crippen molar-refractivity contribution in [2.24, 2.45) is 5.92 Å². The molecule has 0 bridgehead atoms. The van der Waals surface area contributed by atoms with Gasteiger partial charge in [-0.25, -0.2) is 0 Å². The summed E-state index contributed by atoms with van der Waals surface area (Å²) in [6.45, 7) is 21.1. The molecule has 4 aromatic carbocycles. The average molecular weight is 664 g/mol. The summed E-state index contributed by atoms with van der Waals surface area (Å²) in [7, 11) is -2.04. The smallest absolute Gasteiger partial charge is 0.312 e. The van der Waals surface area contributed by atoms with Crippen LogP contribution in [0.2, 0.25) is 18.1 Å². The van der Waals surface area contributed by atoms with Crippen molar-refractivity contribution >= 4 is 14.3 Å². The Labute approximate surface area is 291 Å². The zero-order chi connectivity index (χ0) is 34.8. The molecular weight excluding hydrogens is 607 g/mol. The second-order valence-corrected chi connectivity index (χ2v) is 18.4. The normalized spacial score (nSPS) is 14.4. The molecule has 4 atom stereocenters. The number of hydrogen-bond acceptors (Lipinski definition) is 4. The molecule has 0 spiro atoms. The molecule has 0 radical (unpaired) electrons. The zero-order valence-corrected chi connectivity index (χ0v) is 31.8. The van der Waals surface area contributed by atoms with Gasteiger partial charge in [0.25, 0.3) is 0 Å². The van der Waals surface area contributed by atoms with Gasteiger partial charge < -0.3 is 9.16 Å². The summed E-state index contributed by atoms with van der Waals surface area (Å²) in [6.07, 6.45) is -0.837. The van der Waals surface area contributed by atoms with E-state index in [2.05, 4.69) is 121 Å². The molecule has 0 aromatic heterocycles.